The van der Waals surface area contributed by atoms with Crippen LogP contribution in [-0.2, 0) is 48.0 Å². The third-order valence-corrected chi connectivity index (χ3v) is 20.1. The van der Waals surface area contributed by atoms with Gasteiger partial charge in [-0.25, -0.2) is 0 Å². The van der Waals surface area contributed by atoms with E-state index in [1.807, 2.05) is 6.07 Å². The number of rotatable bonds is 36. The molecule has 0 saturated heterocycles. The molecule has 0 aromatic heterocycles. The van der Waals surface area contributed by atoms with Crippen molar-refractivity contribution in [2.24, 2.45) is 16.7 Å². The first-order valence-corrected chi connectivity index (χ1v) is 32.6. The predicted molar refractivity (Wildman–Crippen MR) is 316 cm³/mol. The Bertz CT molecular complexity index is 1800. The summed E-state index contributed by atoms with van der Waals surface area (Å²) >= 11 is 0. The summed E-state index contributed by atoms with van der Waals surface area (Å²) in [5, 5.41) is 0.256. The fourth-order valence-corrected chi connectivity index (χ4v) is 11.2. The van der Waals surface area contributed by atoms with Crippen molar-refractivity contribution in [3.63, 3.8) is 0 Å². The average molecular weight is 1160 g/mol. The van der Waals surface area contributed by atoms with Crippen molar-refractivity contribution in [3.8, 4) is 0 Å². The molecule has 8 heteroatoms. The zero-order chi connectivity index (χ0) is 53.5. The standard InChI is InChI=1S/C43H68O3Si.C16H26O.C8H12O2.HI/c1-42(2,3)47(4,5)46-41-30-33-43(36-41,31-22-12-8-6-10-14-24-34-44-37-39-26-18-16-19-27-39)32-23-13-9-7-11-15-25-35-45-38-40-28-20-17-21-29-40;1-2-3-4-5-6-7-11-14-17-15-16-12-9-8-10-13-16;1-7-2-3-8(4-7,5-9)6-10;/h16-23,26-29,31-32,41H,6-15,24-25,30,33-38H2,1-5H3;8-10,12-13H,2-7,11,14-15H2,1H3;5-7H,2-4H2,1H3;1H/p-1/b31-22-,32-23-;;;. The number of aldehydes is 2. The normalized spacial score (nSPS) is 17.0. The molecule has 0 bridgehead atoms. The monoisotopic (exact) mass is 1160 g/mol. The van der Waals surface area contributed by atoms with Crippen molar-refractivity contribution in [3.05, 3.63) is 132 Å². The summed E-state index contributed by atoms with van der Waals surface area (Å²) in [7, 11) is -1.76. The van der Waals surface area contributed by atoms with Gasteiger partial charge in [-0.15, -0.1) is 0 Å². The van der Waals surface area contributed by atoms with Crippen molar-refractivity contribution in [1.29, 1.82) is 0 Å². The number of carbonyl (C=O) groups excluding carboxylic acids is 2. The molecule has 2 saturated carbocycles. The van der Waals surface area contributed by atoms with Crippen LogP contribution < -0.4 is 24.0 Å². The summed E-state index contributed by atoms with van der Waals surface area (Å²) in [5.74, 6) is 0.537. The Balaban J connectivity index is 0.000000557. The first kappa shape index (κ1) is 68.4. The van der Waals surface area contributed by atoms with Gasteiger partial charge in [-0.3, -0.25) is 0 Å². The van der Waals surface area contributed by atoms with Gasteiger partial charge in [0, 0.05) is 31.3 Å². The molecule has 6 nitrogen and oxygen atoms in total. The summed E-state index contributed by atoms with van der Waals surface area (Å²) in [6.45, 7) is 21.1. The Morgan fingerprint density at radius 3 is 1.24 bits per heavy atom. The molecule has 2 aliphatic rings. The highest BCUT2D eigenvalue weighted by atomic mass is 127. The van der Waals surface area contributed by atoms with Gasteiger partial charge >= 0.3 is 0 Å². The fourth-order valence-electron chi connectivity index (χ4n) is 9.80. The Labute approximate surface area is 477 Å². The summed E-state index contributed by atoms with van der Waals surface area (Å²) in [5.41, 5.74) is 3.35. The van der Waals surface area contributed by atoms with Crippen LogP contribution >= 0.6 is 0 Å². The third kappa shape index (κ3) is 31.5. The van der Waals surface area contributed by atoms with Crippen LogP contribution in [-0.4, -0.2) is 46.8 Å². The van der Waals surface area contributed by atoms with Crippen LogP contribution in [0.1, 0.15) is 212 Å². The van der Waals surface area contributed by atoms with Gasteiger partial charge in [0.25, 0.3) is 0 Å². The predicted octanol–water partition coefficient (Wildman–Crippen LogP) is 15.9. The maximum absolute atomic E-state index is 10.5. The van der Waals surface area contributed by atoms with Crippen molar-refractivity contribution >= 4 is 20.9 Å². The second-order valence-corrected chi connectivity index (χ2v) is 28.2. The number of ether oxygens (including phenoxy) is 3. The van der Waals surface area contributed by atoms with Crippen LogP contribution in [0.2, 0.25) is 18.1 Å². The number of hydrogen-bond donors (Lipinski definition) is 0. The van der Waals surface area contributed by atoms with E-state index in [2.05, 4.69) is 157 Å². The van der Waals surface area contributed by atoms with E-state index in [0.29, 0.717) is 12.0 Å². The molecule has 3 aromatic rings. The highest BCUT2D eigenvalue weighted by Crippen LogP contribution is 2.46. The minimum atomic E-state index is -1.76. The van der Waals surface area contributed by atoms with Crippen molar-refractivity contribution in [2.45, 2.75) is 239 Å². The van der Waals surface area contributed by atoms with Crippen LogP contribution in [0.15, 0.2) is 115 Å². The van der Waals surface area contributed by atoms with E-state index >= 15 is 0 Å². The number of halogens is 1. The first-order chi connectivity index (χ1) is 35.8. The maximum Gasteiger partial charge on any atom is 0.192 e. The molecule has 2 fully saturated rings. The molecule has 0 heterocycles. The van der Waals surface area contributed by atoms with Crippen LogP contribution in [0, 0.1) is 16.7 Å². The van der Waals surface area contributed by atoms with Gasteiger partial charge in [0.2, 0.25) is 0 Å². The second kappa shape index (κ2) is 41.3. The lowest BCUT2D eigenvalue weighted by Crippen LogP contribution is -3.00. The van der Waals surface area contributed by atoms with Gasteiger partial charge in [-0.2, -0.15) is 0 Å². The number of benzene rings is 3. The lowest BCUT2D eigenvalue weighted by Gasteiger charge is -2.38. The van der Waals surface area contributed by atoms with Crippen LogP contribution in [0.25, 0.3) is 0 Å². The summed E-state index contributed by atoms with van der Waals surface area (Å²) in [6, 6.07) is 31.4. The zero-order valence-electron chi connectivity index (χ0n) is 48.5. The van der Waals surface area contributed by atoms with E-state index in [1.165, 1.54) is 139 Å². The lowest BCUT2D eigenvalue weighted by atomic mass is 9.84. The minimum absolute atomic E-state index is 0. The zero-order valence-corrected chi connectivity index (χ0v) is 51.7. The summed E-state index contributed by atoms with van der Waals surface area (Å²) in [4.78, 5) is 20.9. The lowest BCUT2D eigenvalue weighted by molar-refractivity contribution is -0.126. The molecule has 0 aliphatic heterocycles. The molecule has 0 N–H and O–H groups in total. The van der Waals surface area contributed by atoms with E-state index in [-0.39, 0.29) is 34.4 Å². The number of allylic oxidation sites excluding steroid dienone is 4. The number of carbonyl (C=O) groups is 2. The van der Waals surface area contributed by atoms with Crippen LogP contribution in [0.4, 0.5) is 0 Å². The molecule has 75 heavy (non-hydrogen) atoms. The molecular weight excluding hydrogens is 1060 g/mol. The van der Waals surface area contributed by atoms with Gasteiger partial charge in [0.15, 0.2) is 8.32 Å². The van der Waals surface area contributed by atoms with Crippen LogP contribution in [0.3, 0.4) is 0 Å². The fraction of sp³-hybridized carbons (Fsp3) is 0.642. The molecule has 422 valence electrons. The van der Waals surface area contributed by atoms with E-state index in [1.54, 1.807) is 0 Å². The van der Waals surface area contributed by atoms with Gasteiger partial charge in [-0.1, -0.05) is 227 Å². The number of hydrogen-bond acceptors (Lipinski definition) is 6. The Morgan fingerprint density at radius 2 is 0.893 bits per heavy atom. The van der Waals surface area contributed by atoms with Gasteiger partial charge in [-0.05, 0) is 124 Å². The first-order valence-electron chi connectivity index (χ1n) is 29.7. The molecule has 0 radical (unpaired) electrons. The molecule has 0 spiro atoms. The van der Waals surface area contributed by atoms with Gasteiger partial charge in [0.05, 0.1) is 25.2 Å². The Morgan fingerprint density at radius 1 is 0.520 bits per heavy atom. The van der Waals surface area contributed by atoms with Crippen molar-refractivity contribution < 1.29 is 52.2 Å². The maximum atomic E-state index is 10.5. The molecule has 5 rings (SSSR count). The Kier molecular flexibility index (Phi) is 37.7. The SMILES string of the molecule is CC(C)(C)[Si](C)(C)OC1CCC(/C=C\CCCCCCCOCc2ccccc2)(/C=C\CCCCCCCOCc2ccccc2)C1.CC1CCC(C=O)(C=O)C1.CCCCCCCCCOCc1ccccc1.[I-]. The minimum Gasteiger partial charge on any atom is -1.00 e. The van der Waals surface area contributed by atoms with E-state index in [0.717, 1.165) is 90.7 Å². The molecule has 3 aromatic carbocycles. The average Bonchev–Trinajstić information content (AvgIpc) is 3.99. The molecule has 2 unspecified atom stereocenters. The van der Waals surface area contributed by atoms with Gasteiger partial charge in [0.1, 0.15) is 12.6 Å². The largest absolute Gasteiger partial charge is 1.00 e. The van der Waals surface area contributed by atoms with Crippen LogP contribution in [0.5, 0.6) is 0 Å². The molecule has 0 amide bonds. The van der Waals surface area contributed by atoms with Crippen molar-refractivity contribution in [2.75, 3.05) is 19.8 Å². The molecular formula is C67H106IO6Si-. The topological polar surface area (TPSA) is 71.1 Å². The van der Waals surface area contributed by atoms with Crippen molar-refractivity contribution in [1.82, 2.24) is 0 Å². The second-order valence-electron chi connectivity index (χ2n) is 23.4. The van der Waals surface area contributed by atoms with E-state index in [9.17, 15) is 9.59 Å². The van der Waals surface area contributed by atoms with Gasteiger partial charge < -0.3 is 52.2 Å². The van der Waals surface area contributed by atoms with E-state index < -0.39 is 13.7 Å². The smallest absolute Gasteiger partial charge is 0.192 e. The van der Waals surface area contributed by atoms with E-state index in [4.69, 9.17) is 18.6 Å². The summed E-state index contributed by atoms with van der Waals surface area (Å²) < 4.78 is 24.3. The Hall–Kier alpha value is -2.73. The molecule has 2 atom stereocenters. The highest BCUT2D eigenvalue weighted by molar-refractivity contribution is 6.74. The number of unbranched alkanes of at least 4 members (excludes halogenated alkanes) is 16. The molecule has 2 aliphatic carbocycles. The summed E-state index contributed by atoms with van der Waals surface area (Å²) in [6.07, 6.45) is 42.6. The third-order valence-electron chi connectivity index (χ3n) is 15.6. The highest BCUT2D eigenvalue weighted by Gasteiger charge is 2.43. The quantitative estimate of drug-likeness (QED) is 0.0144.